The first-order valence-corrected chi connectivity index (χ1v) is 6.12. The molecule has 2 fully saturated rings. The van der Waals surface area contributed by atoms with E-state index in [-0.39, 0.29) is 0 Å². The van der Waals surface area contributed by atoms with Gasteiger partial charge >= 0.3 is 0 Å². The molecule has 2 nitrogen and oxygen atoms in total. The Morgan fingerprint density at radius 2 is 1.93 bits per heavy atom. The standard InChI is InChI=1S/C12H24N2/c1-13-9-12-8-11(12)7-10-3-5-14(2)6-4-10/h10-13H,3-9H2,1-2H3. The number of likely N-dealkylation sites (tertiary alicyclic amines) is 1. The molecule has 0 radical (unpaired) electrons. The van der Waals surface area contributed by atoms with Crippen LogP contribution in [0, 0.1) is 17.8 Å². The van der Waals surface area contributed by atoms with Crippen LogP contribution in [0.1, 0.15) is 25.7 Å². The summed E-state index contributed by atoms with van der Waals surface area (Å²) in [5, 5.41) is 3.30. The molecular formula is C12H24N2. The van der Waals surface area contributed by atoms with Crippen LogP contribution < -0.4 is 5.32 Å². The molecule has 1 aliphatic carbocycles. The number of nitrogens with one attached hydrogen (secondary N) is 1. The molecule has 14 heavy (non-hydrogen) atoms. The first-order valence-electron chi connectivity index (χ1n) is 6.12. The second-order valence-corrected chi connectivity index (χ2v) is 5.30. The highest BCUT2D eigenvalue weighted by Crippen LogP contribution is 2.44. The molecule has 2 aliphatic rings. The Kier molecular flexibility index (Phi) is 3.45. The fourth-order valence-corrected chi connectivity index (χ4v) is 2.84. The minimum atomic E-state index is 1.01. The maximum atomic E-state index is 3.30. The second kappa shape index (κ2) is 4.63. The third-order valence-corrected chi connectivity index (χ3v) is 4.01. The van der Waals surface area contributed by atoms with E-state index in [4.69, 9.17) is 0 Å². The summed E-state index contributed by atoms with van der Waals surface area (Å²) < 4.78 is 0. The van der Waals surface area contributed by atoms with Gasteiger partial charge in [0.25, 0.3) is 0 Å². The molecule has 0 bridgehead atoms. The summed E-state index contributed by atoms with van der Waals surface area (Å²) in [6.07, 6.45) is 5.89. The van der Waals surface area contributed by atoms with Gasteiger partial charge in [-0.25, -0.2) is 0 Å². The Bertz CT molecular complexity index is 173. The van der Waals surface area contributed by atoms with Gasteiger partial charge in [0.05, 0.1) is 0 Å². The quantitative estimate of drug-likeness (QED) is 0.734. The minimum absolute atomic E-state index is 1.01. The largest absolute Gasteiger partial charge is 0.319 e. The van der Waals surface area contributed by atoms with E-state index in [0.29, 0.717) is 0 Å². The molecule has 0 aromatic heterocycles. The summed E-state index contributed by atoms with van der Waals surface area (Å²) in [6, 6.07) is 0. The highest BCUT2D eigenvalue weighted by Gasteiger charge is 2.37. The summed E-state index contributed by atoms with van der Waals surface area (Å²) >= 11 is 0. The third kappa shape index (κ3) is 2.71. The van der Waals surface area contributed by atoms with Crippen LogP contribution in [-0.2, 0) is 0 Å². The van der Waals surface area contributed by atoms with Crippen LogP contribution in [0.4, 0.5) is 0 Å². The first kappa shape index (κ1) is 10.4. The van der Waals surface area contributed by atoms with Crippen LogP contribution in [0.5, 0.6) is 0 Å². The van der Waals surface area contributed by atoms with Gasteiger partial charge in [-0.15, -0.1) is 0 Å². The molecule has 1 N–H and O–H groups in total. The van der Waals surface area contributed by atoms with E-state index >= 15 is 0 Å². The molecule has 82 valence electrons. The molecule has 2 heteroatoms. The zero-order valence-electron chi connectivity index (χ0n) is 9.63. The molecule has 2 rings (SSSR count). The molecule has 2 atom stereocenters. The van der Waals surface area contributed by atoms with Crippen molar-refractivity contribution in [3.63, 3.8) is 0 Å². The van der Waals surface area contributed by atoms with Gasteiger partial charge in [-0.2, -0.15) is 0 Å². The summed E-state index contributed by atoms with van der Waals surface area (Å²) in [7, 11) is 4.32. The van der Waals surface area contributed by atoms with Crippen LogP contribution in [0.2, 0.25) is 0 Å². The van der Waals surface area contributed by atoms with Crippen LogP contribution in [0.25, 0.3) is 0 Å². The van der Waals surface area contributed by atoms with Crippen LogP contribution >= 0.6 is 0 Å². The maximum Gasteiger partial charge on any atom is -0.00191 e. The first-order chi connectivity index (χ1) is 6.79. The van der Waals surface area contributed by atoms with E-state index < -0.39 is 0 Å². The van der Waals surface area contributed by atoms with Gasteiger partial charge in [0.15, 0.2) is 0 Å². The van der Waals surface area contributed by atoms with Crippen molar-refractivity contribution in [2.24, 2.45) is 17.8 Å². The molecule has 1 saturated carbocycles. The number of piperidine rings is 1. The number of hydrogen-bond acceptors (Lipinski definition) is 2. The molecule has 0 aromatic carbocycles. The van der Waals surface area contributed by atoms with Gasteiger partial charge in [0.2, 0.25) is 0 Å². The summed E-state index contributed by atoms with van der Waals surface area (Å²) in [6.45, 7) is 3.90. The van der Waals surface area contributed by atoms with Crippen molar-refractivity contribution in [1.82, 2.24) is 10.2 Å². The molecule has 1 heterocycles. The van der Waals surface area contributed by atoms with E-state index in [1.165, 1.54) is 45.3 Å². The highest BCUT2D eigenvalue weighted by molar-refractivity contribution is 4.89. The fraction of sp³-hybridized carbons (Fsp3) is 1.00. The van der Waals surface area contributed by atoms with Gasteiger partial charge < -0.3 is 10.2 Å². The lowest BCUT2D eigenvalue weighted by atomic mass is 9.91. The molecule has 0 spiro atoms. The number of rotatable bonds is 4. The molecule has 0 amide bonds. The van der Waals surface area contributed by atoms with Gasteiger partial charge in [-0.3, -0.25) is 0 Å². The van der Waals surface area contributed by atoms with Crippen molar-refractivity contribution in [3.05, 3.63) is 0 Å². The van der Waals surface area contributed by atoms with Crippen molar-refractivity contribution in [2.75, 3.05) is 33.7 Å². The van der Waals surface area contributed by atoms with Crippen molar-refractivity contribution >= 4 is 0 Å². The van der Waals surface area contributed by atoms with Crippen molar-refractivity contribution in [1.29, 1.82) is 0 Å². The van der Waals surface area contributed by atoms with Gasteiger partial charge in [0, 0.05) is 0 Å². The summed E-state index contributed by atoms with van der Waals surface area (Å²) in [5.41, 5.74) is 0. The lowest BCUT2D eigenvalue weighted by Crippen LogP contribution is -2.30. The summed E-state index contributed by atoms with van der Waals surface area (Å²) in [5.74, 6) is 3.12. The number of nitrogens with zero attached hydrogens (tertiary/aromatic N) is 1. The molecule has 1 saturated heterocycles. The van der Waals surface area contributed by atoms with E-state index in [2.05, 4.69) is 24.3 Å². The van der Waals surface area contributed by atoms with Crippen LogP contribution in [0.15, 0.2) is 0 Å². The predicted molar refractivity (Wildman–Crippen MR) is 60.4 cm³/mol. The Morgan fingerprint density at radius 1 is 1.21 bits per heavy atom. The fourth-order valence-electron chi connectivity index (χ4n) is 2.84. The average molecular weight is 196 g/mol. The van der Waals surface area contributed by atoms with E-state index in [9.17, 15) is 0 Å². The Hall–Kier alpha value is -0.0800. The summed E-state index contributed by atoms with van der Waals surface area (Å²) in [4.78, 5) is 2.47. The van der Waals surface area contributed by atoms with E-state index in [1.54, 1.807) is 0 Å². The predicted octanol–water partition coefficient (Wildman–Crippen LogP) is 1.57. The van der Waals surface area contributed by atoms with Crippen LogP contribution in [-0.4, -0.2) is 38.6 Å². The molecule has 2 unspecified atom stereocenters. The zero-order valence-corrected chi connectivity index (χ0v) is 9.63. The Labute approximate surface area is 88.1 Å². The second-order valence-electron chi connectivity index (χ2n) is 5.30. The lowest BCUT2D eigenvalue weighted by molar-refractivity contribution is 0.206. The van der Waals surface area contributed by atoms with E-state index in [0.717, 1.165) is 17.8 Å². The van der Waals surface area contributed by atoms with Crippen molar-refractivity contribution in [2.45, 2.75) is 25.7 Å². The maximum absolute atomic E-state index is 3.30. The minimum Gasteiger partial charge on any atom is -0.319 e. The SMILES string of the molecule is CNCC1CC1CC1CCN(C)CC1. The third-order valence-electron chi connectivity index (χ3n) is 4.01. The number of hydrogen-bond donors (Lipinski definition) is 1. The monoisotopic (exact) mass is 196 g/mol. The van der Waals surface area contributed by atoms with Gasteiger partial charge in [-0.1, -0.05) is 0 Å². The molecule has 0 aromatic rings. The van der Waals surface area contributed by atoms with Crippen LogP contribution in [0.3, 0.4) is 0 Å². The Morgan fingerprint density at radius 3 is 2.57 bits per heavy atom. The van der Waals surface area contributed by atoms with E-state index in [1.807, 2.05) is 0 Å². The van der Waals surface area contributed by atoms with Crippen molar-refractivity contribution < 1.29 is 0 Å². The average Bonchev–Trinajstić information content (AvgIpc) is 2.89. The zero-order chi connectivity index (χ0) is 9.97. The highest BCUT2D eigenvalue weighted by atomic mass is 15.1. The van der Waals surface area contributed by atoms with Gasteiger partial charge in [-0.05, 0) is 77.2 Å². The topological polar surface area (TPSA) is 15.3 Å². The van der Waals surface area contributed by atoms with Crippen molar-refractivity contribution in [3.8, 4) is 0 Å². The smallest absolute Gasteiger partial charge is 0.00191 e. The lowest BCUT2D eigenvalue weighted by Gasteiger charge is -2.29. The normalized spacial score (nSPS) is 34.7. The molecular weight excluding hydrogens is 172 g/mol. The van der Waals surface area contributed by atoms with Gasteiger partial charge in [0.1, 0.15) is 0 Å². The molecule has 1 aliphatic heterocycles. The Balaban J connectivity index is 1.62.